The van der Waals surface area contributed by atoms with Crippen LogP contribution in [0.2, 0.25) is 0 Å². The second-order valence-corrected chi connectivity index (χ2v) is 5.03. The van der Waals surface area contributed by atoms with Crippen LogP contribution in [0.3, 0.4) is 0 Å². The van der Waals surface area contributed by atoms with Gasteiger partial charge in [0.15, 0.2) is 0 Å². The van der Waals surface area contributed by atoms with Gasteiger partial charge in [-0.25, -0.2) is 0 Å². The molecule has 17 heavy (non-hydrogen) atoms. The summed E-state index contributed by atoms with van der Waals surface area (Å²) in [5, 5.41) is 3.31. The Labute approximate surface area is 101 Å². The lowest BCUT2D eigenvalue weighted by molar-refractivity contribution is 0.574. The summed E-state index contributed by atoms with van der Waals surface area (Å²) >= 11 is 0. The number of nitrogens with one attached hydrogen (secondary N) is 1. The van der Waals surface area contributed by atoms with Gasteiger partial charge in [0.05, 0.1) is 0 Å². The third kappa shape index (κ3) is 2.36. The van der Waals surface area contributed by atoms with Crippen LogP contribution in [0.4, 0.5) is 5.69 Å². The topological polar surface area (TPSA) is 37.3 Å². The summed E-state index contributed by atoms with van der Waals surface area (Å²) in [5.41, 5.74) is 1.05. The highest BCUT2D eigenvalue weighted by Crippen LogP contribution is 2.30. The molecule has 2 heterocycles. The maximum absolute atomic E-state index is 12.3. The monoisotopic (exact) mass is 233 g/mol. The fourth-order valence-electron chi connectivity index (χ4n) is 2.39. The lowest BCUT2D eigenvalue weighted by atomic mass is 10.3. The molecule has 2 fully saturated rings. The van der Waals surface area contributed by atoms with Crippen LogP contribution in [0.1, 0.15) is 12.8 Å². The Bertz CT molecular complexity index is 444. The van der Waals surface area contributed by atoms with Crippen LogP contribution in [0.25, 0.3) is 0 Å². The van der Waals surface area contributed by atoms with Crippen molar-refractivity contribution < 1.29 is 0 Å². The fraction of sp³-hybridized carbons (Fsp3) is 0.615. The van der Waals surface area contributed by atoms with Gasteiger partial charge in [0.2, 0.25) is 0 Å². The number of piperazine rings is 1. The van der Waals surface area contributed by atoms with E-state index >= 15 is 0 Å². The number of hydrogen-bond acceptors (Lipinski definition) is 3. The summed E-state index contributed by atoms with van der Waals surface area (Å²) < 4.78 is 1.88. The van der Waals surface area contributed by atoms with Gasteiger partial charge in [0.25, 0.3) is 5.56 Å². The van der Waals surface area contributed by atoms with Crippen LogP contribution >= 0.6 is 0 Å². The first-order valence-electron chi connectivity index (χ1n) is 6.50. The standard InChI is InChI=1S/C13H19N3O/c17-13-12(15-8-5-14-6-9-15)2-1-7-16(13)10-11-3-4-11/h1-2,7,11,14H,3-6,8-10H2. The van der Waals surface area contributed by atoms with Gasteiger partial charge >= 0.3 is 0 Å². The van der Waals surface area contributed by atoms with E-state index in [-0.39, 0.29) is 5.56 Å². The average molecular weight is 233 g/mol. The van der Waals surface area contributed by atoms with Crippen molar-refractivity contribution in [3.05, 3.63) is 28.7 Å². The predicted molar refractivity (Wildman–Crippen MR) is 68.5 cm³/mol. The van der Waals surface area contributed by atoms with Gasteiger partial charge in [0.1, 0.15) is 5.69 Å². The van der Waals surface area contributed by atoms with Crippen LogP contribution in [-0.4, -0.2) is 30.7 Å². The van der Waals surface area contributed by atoms with Gasteiger partial charge in [-0.3, -0.25) is 4.79 Å². The third-order valence-corrected chi connectivity index (χ3v) is 3.61. The summed E-state index contributed by atoms with van der Waals surface area (Å²) in [6.45, 7) is 4.71. The van der Waals surface area contributed by atoms with E-state index in [1.54, 1.807) is 0 Å². The Hall–Kier alpha value is -1.29. The van der Waals surface area contributed by atoms with Crippen LogP contribution in [0, 0.1) is 5.92 Å². The Morgan fingerprint density at radius 2 is 2.06 bits per heavy atom. The third-order valence-electron chi connectivity index (χ3n) is 3.61. The molecular weight excluding hydrogens is 214 g/mol. The van der Waals surface area contributed by atoms with Crippen molar-refractivity contribution in [1.29, 1.82) is 0 Å². The Kier molecular flexibility index (Phi) is 2.89. The molecule has 3 rings (SSSR count). The fourth-order valence-corrected chi connectivity index (χ4v) is 2.39. The maximum Gasteiger partial charge on any atom is 0.274 e. The van der Waals surface area contributed by atoms with E-state index in [0.29, 0.717) is 0 Å². The smallest absolute Gasteiger partial charge is 0.274 e. The van der Waals surface area contributed by atoms with Crippen molar-refractivity contribution >= 4 is 5.69 Å². The van der Waals surface area contributed by atoms with Crippen molar-refractivity contribution in [2.45, 2.75) is 19.4 Å². The van der Waals surface area contributed by atoms with E-state index in [1.165, 1.54) is 12.8 Å². The molecule has 1 N–H and O–H groups in total. The minimum atomic E-state index is 0.182. The van der Waals surface area contributed by atoms with Gasteiger partial charge < -0.3 is 14.8 Å². The van der Waals surface area contributed by atoms with Gasteiger partial charge in [-0.2, -0.15) is 0 Å². The quantitative estimate of drug-likeness (QED) is 0.833. The molecule has 0 atom stereocenters. The summed E-state index contributed by atoms with van der Waals surface area (Å²) in [7, 11) is 0. The zero-order valence-corrected chi connectivity index (χ0v) is 10.1. The Morgan fingerprint density at radius 3 is 2.76 bits per heavy atom. The van der Waals surface area contributed by atoms with Gasteiger partial charge in [-0.1, -0.05) is 0 Å². The second kappa shape index (κ2) is 4.53. The average Bonchev–Trinajstić information content (AvgIpc) is 3.17. The molecule has 1 saturated heterocycles. The highest BCUT2D eigenvalue weighted by molar-refractivity contribution is 5.44. The van der Waals surface area contributed by atoms with E-state index in [0.717, 1.165) is 44.3 Å². The van der Waals surface area contributed by atoms with Gasteiger partial charge in [-0.05, 0) is 30.9 Å². The molecule has 92 valence electrons. The summed E-state index contributed by atoms with van der Waals surface area (Å²) in [6.07, 6.45) is 4.49. The first-order chi connectivity index (χ1) is 8.34. The highest BCUT2D eigenvalue weighted by atomic mass is 16.1. The van der Waals surface area contributed by atoms with E-state index in [1.807, 2.05) is 22.9 Å². The molecule has 1 aromatic rings. The Morgan fingerprint density at radius 1 is 1.29 bits per heavy atom. The first kappa shape index (κ1) is 10.8. The van der Waals surface area contributed by atoms with Gasteiger partial charge in [-0.15, -0.1) is 0 Å². The number of hydrogen-bond donors (Lipinski definition) is 1. The summed E-state index contributed by atoms with van der Waals surface area (Å²) in [6, 6.07) is 3.96. The Balaban J connectivity index is 1.84. The predicted octanol–water partition coefficient (Wildman–Crippen LogP) is 0.668. The molecule has 1 saturated carbocycles. The van der Waals surface area contributed by atoms with Crippen molar-refractivity contribution in [2.75, 3.05) is 31.1 Å². The van der Waals surface area contributed by atoms with Crippen molar-refractivity contribution in [1.82, 2.24) is 9.88 Å². The van der Waals surface area contributed by atoms with Crippen LogP contribution in [-0.2, 0) is 6.54 Å². The molecule has 2 aliphatic rings. The van der Waals surface area contributed by atoms with E-state index < -0.39 is 0 Å². The van der Waals surface area contributed by atoms with E-state index in [9.17, 15) is 4.79 Å². The number of pyridine rings is 1. The van der Waals surface area contributed by atoms with E-state index in [2.05, 4.69) is 10.2 Å². The molecule has 1 aromatic heterocycles. The summed E-state index contributed by atoms with van der Waals surface area (Å²) in [4.78, 5) is 14.5. The molecule has 0 radical (unpaired) electrons. The number of rotatable bonds is 3. The van der Waals surface area contributed by atoms with Crippen molar-refractivity contribution in [2.24, 2.45) is 5.92 Å². The van der Waals surface area contributed by atoms with Crippen LogP contribution < -0.4 is 15.8 Å². The minimum Gasteiger partial charge on any atom is -0.365 e. The van der Waals surface area contributed by atoms with Crippen molar-refractivity contribution in [3.8, 4) is 0 Å². The molecule has 0 aromatic carbocycles. The van der Waals surface area contributed by atoms with E-state index in [4.69, 9.17) is 0 Å². The lowest BCUT2D eigenvalue weighted by Crippen LogP contribution is -2.46. The molecular formula is C13H19N3O. The normalized spacial score (nSPS) is 20.6. The zero-order chi connectivity index (χ0) is 11.7. The minimum absolute atomic E-state index is 0.182. The van der Waals surface area contributed by atoms with Gasteiger partial charge in [0, 0.05) is 38.9 Å². The zero-order valence-electron chi connectivity index (χ0n) is 10.1. The molecule has 0 amide bonds. The van der Waals surface area contributed by atoms with Crippen molar-refractivity contribution in [3.63, 3.8) is 0 Å². The molecule has 0 spiro atoms. The SMILES string of the molecule is O=c1c(N2CCNCC2)cccn1CC1CC1. The van der Waals surface area contributed by atoms with Crippen LogP contribution in [0.15, 0.2) is 23.1 Å². The molecule has 1 aliphatic carbocycles. The number of nitrogens with zero attached hydrogens (tertiary/aromatic N) is 2. The summed E-state index contributed by atoms with van der Waals surface area (Å²) in [5.74, 6) is 0.742. The largest absolute Gasteiger partial charge is 0.365 e. The maximum atomic E-state index is 12.3. The molecule has 4 nitrogen and oxygen atoms in total. The molecule has 1 aliphatic heterocycles. The molecule has 0 unspecified atom stereocenters. The van der Waals surface area contributed by atoms with Crippen LogP contribution in [0.5, 0.6) is 0 Å². The molecule has 0 bridgehead atoms. The highest BCUT2D eigenvalue weighted by Gasteiger charge is 2.23. The number of aromatic nitrogens is 1. The first-order valence-corrected chi connectivity index (χ1v) is 6.50. The lowest BCUT2D eigenvalue weighted by Gasteiger charge is -2.29. The molecule has 4 heteroatoms. The number of anilines is 1. The second-order valence-electron chi connectivity index (χ2n) is 5.03.